The van der Waals surface area contributed by atoms with Gasteiger partial charge in [0.25, 0.3) is 5.56 Å². The quantitative estimate of drug-likeness (QED) is 0.242. The Bertz CT molecular complexity index is 1460. The van der Waals surface area contributed by atoms with E-state index >= 15 is 0 Å². The molecule has 35 heavy (non-hydrogen) atoms. The first-order valence-corrected chi connectivity index (χ1v) is 11.3. The molecule has 0 bridgehead atoms. The molecule has 0 saturated heterocycles. The molecule has 0 spiro atoms. The Kier molecular flexibility index (Phi) is 7.55. The maximum absolute atomic E-state index is 12.4. The van der Waals surface area contributed by atoms with Gasteiger partial charge in [0.05, 0.1) is 19.0 Å². The van der Waals surface area contributed by atoms with Gasteiger partial charge >= 0.3 is 0 Å². The molecular weight excluding hydrogens is 510 g/mol. The first kappa shape index (κ1) is 23.7. The second kappa shape index (κ2) is 11.1. The number of rotatable bonds is 8. The van der Waals surface area contributed by atoms with Crippen molar-refractivity contribution in [2.45, 2.75) is 6.61 Å². The summed E-state index contributed by atoms with van der Waals surface area (Å²) < 4.78 is 12.5. The summed E-state index contributed by atoms with van der Waals surface area (Å²) in [6.45, 7) is 0.332. The Labute approximate surface area is 210 Å². The van der Waals surface area contributed by atoms with Crippen molar-refractivity contribution in [3.05, 3.63) is 104 Å². The summed E-state index contributed by atoms with van der Waals surface area (Å²) in [5.41, 5.74) is 4.67. The number of anilines is 1. The highest BCUT2D eigenvalue weighted by Crippen LogP contribution is 2.31. The largest absolute Gasteiger partial charge is 0.493 e. The first-order valence-electron chi connectivity index (χ1n) is 10.5. The van der Waals surface area contributed by atoms with Gasteiger partial charge in [-0.1, -0.05) is 64.5 Å². The van der Waals surface area contributed by atoms with Crippen LogP contribution in [0, 0.1) is 11.3 Å². The molecule has 9 heteroatoms. The number of halogens is 1. The fraction of sp³-hybridized carbons (Fsp3) is 0.0769. The molecule has 0 fully saturated rings. The van der Waals surface area contributed by atoms with E-state index in [0.29, 0.717) is 29.2 Å². The maximum atomic E-state index is 12.4. The molecule has 0 aliphatic carbocycles. The zero-order valence-corrected chi connectivity index (χ0v) is 20.2. The SMILES string of the molecule is COc1cccc(C=NNc2nc(-c3ccccc3)c(C#N)c(=O)[nH]2)c1OCc1cccc(Br)c1. The van der Waals surface area contributed by atoms with E-state index in [1.165, 1.54) is 0 Å². The molecule has 4 rings (SSSR count). The average molecular weight is 530 g/mol. The zero-order chi connectivity index (χ0) is 24.6. The highest BCUT2D eigenvalue weighted by atomic mass is 79.9. The number of nitriles is 1. The Morgan fingerprint density at radius 1 is 1.14 bits per heavy atom. The Morgan fingerprint density at radius 3 is 2.69 bits per heavy atom. The van der Waals surface area contributed by atoms with Crippen LogP contribution in [0.15, 0.2) is 87.2 Å². The van der Waals surface area contributed by atoms with Gasteiger partial charge in [-0.05, 0) is 29.8 Å². The number of hydrazone groups is 1. The smallest absolute Gasteiger partial charge is 0.270 e. The topological polar surface area (TPSA) is 112 Å². The second-order valence-electron chi connectivity index (χ2n) is 7.28. The van der Waals surface area contributed by atoms with Crippen LogP contribution < -0.4 is 20.5 Å². The van der Waals surface area contributed by atoms with E-state index in [-0.39, 0.29) is 17.2 Å². The third kappa shape index (κ3) is 5.75. The van der Waals surface area contributed by atoms with Crippen LogP contribution in [0.3, 0.4) is 0 Å². The molecule has 8 nitrogen and oxygen atoms in total. The van der Waals surface area contributed by atoms with Crippen molar-refractivity contribution in [2.24, 2.45) is 5.10 Å². The number of ether oxygens (including phenoxy) is 2. The molecule has 0 atom stereocenters. The van der Waals surface area contributed by atoms with E-state index in [1.54, 1.807) is 31.5 Å². The number of nitrogens with zero attached hydrogens (tertiary/aromatic N) is 3. The van der Waals surface area contributed by atoms with E-state index in [2.05, 4.69) is 36.4 Å². The summed E-state index contributed by atoms with van der Waals surface area (Å²) in [7, 11) is 1.57. The standard InChI is InChI=1S/C26H20BrN5O3/c1-34-22-12-6-10-19(24(22)35-16-17-7-5-11-20(27)13-17)15-29-32-26-30-23(18-8-3-2-4-9-18)21(14-28)25(33)31-26/h2-13,15H,16H2,1H3,(H2,30,31,32,33). The van der Waals surface area contributed by atoms with Crippen molar-refractivity contribution in [2.75, 3.05) is 12.5 Å². The molecule has 4 aromatic rings. The van der Waals surface area contributed by atoms with Crippen LogP contribution in [0.2, 0.25) is 0 Å². The third-order valence-corrected chi connectivity index (χ3v) is 5.45. The lowest BCUT2D eigenvalue weighted by atomic mass is 10.1. The molecule has 0 aliphatic heterocycles. The van der Waals surface area contributed by atoms with Gasteiger partial charge in [0.1, 0.15) is 18.2 Å². The highest BCUT2D eigenvalue weighted by Gasteiger charge is 2.13. The number of benzene rings is 3. The molecule has 2 N–H and O–H groups in total. The van der Waals surface area contributed by atoms with Crippen molar-refractivity contribution >= 4 is 28.1 Å². The molecule has 0 aliphatic rings. The van der Waals surface area contributed by atoms with Crippen molar-refractivity contribution in [3.8, 4) is 28.8 Å². The van der Waals surface area contributed by atoms with Gasteiger partial charge in [-0.2, -0.15) is 10.4 Å². The Balaban J connectivity index is 1.58. The fourth-order valence-corrected chi connectivity index (χ4v) is 3.78. The summed E-state index contributed by atoms with van der Waals surface area (Å²) in [6.07, 6.45) is 1.54. The van der Waals surface area contributed by atoms with Gasteiger partial charge in [-0.25, -0.2) is 10.4 Å². The molecule has 1 heterocycles. The third-order valence-electron chi connectivity index (χ3n) is 4.95. The van der Waals surface area contributed by atoms with E-state index in [0.717, 1.165) is 10.0 Å². The maximum Gasteiger partial charge on any atom is 0.270 e. The number of H-pyrrole nitrogens is 1. The number of aromatic nitrogens is 2. The number of hydrogen-bond acceptors (Lipinski definition) is 7. The molecule has 0 radical (unpaired) electrons. The van der Waals surface area contributed by atoms with Crippen molar-refractivity contribution < 1.29 is 9.47 Å². The summed E-state index contributed by atoms with van der Waals surface area (Å²) in [4.78, 5) is 19.4. The van der Waals surface area contributed by atoms with E-state index in [9.17, 15) is 10.1 Å². The average Bonchev–Trinajstić information content (AvgIpc) is 2.88. The summed E-state index contributed by atoms with van der Waals surface area (Å²) in [5, 5.41) is 13.6. The number of methoxy groups -OCH3 is 1. The lowest BCUT2D eigenvalue weighted by molar-refractivity contribution is 0.284. The van der Waals surface area contributed by atoms with Crippen LogP contribution in [0.25, 0.3) is 11.3 Å². The van der Waals surface area contributed by atoms with Gasteiger partial charge < -0.3 is 9.47 Å². The Morgan fingerprint density at radius 2 is 1.94 bits per heavy atom. The van der Waals surface area contributed by atoms with Crippen molar-refractivity contribution in [1.82, 2.24) is 9.97 Å². The van der Waals surface area contributed by atoms with Crippen LogP contribution in [0.5, 0.6) is 11.5 Å². The molecule has 174 valence electrons. The monoisotopic (exact) mass is 529 g/mol. The minimum absolute atomic E-state index is 0.0678. The van der Waals surface area contributed by atoms with Crippen LogP contribution in [0.4, 0.5) is 5.95 Å². The van der Waals surface area contributed by atoms with Gasteiger partial charge in [-0.3, -0.25) is 9.78 Å². The van der Waals surface area contributed by atoms with E-state index in [1.807, 2.05) is 60.7 Å². The normalized spacial score (nSPS) is 10.7. The van der Waals surface area contributed by atoms with Crippen molar-refractivity contribution in [1.29, 1.82) is 5.26 Å². The second-order valence-corrected chi connectivity index (χ2v) is 8.20. The number of nitrogens with one attached hydrogen (secondary N) is 2. The van der Waals surface area contributed by atoms with Crippen LogP contribution >= 0.6 is 15.9 Å². The minimum Gasteiger partial charge on any atom is -0.493 e. The molecular formula is C26H20BrN5O3. The van der Waals surface area contributed by atoms with E-state index in [4.69, 9.17) is 9.47 Å². The predicted molar refractivity (Wildman–Crippen MR) is 138 cm³/mol. The number of aromatic amines is 1. The summed E-state index contributed by atoms with van der Waals surface area (Å²) >= 11 is 3.46. The number of para-hydroxylation sites is 1. The summed E-state index contributed by atoms with van der Waals surface area (Å²) in [6, 6.07) is 24.2. The fourth-order valence-electron chi connectivity index (χ4n) is 3.33. The van der Waals surface area contributed by atoms with Crippen LogP contribution in [0.1, 0.15) is 16.7 Å². The highest BCUT2D eigenvalue weighted by molar-refractivity contribution is 9.10. The number of hydrogen-bond donors (Lipinski definition) is 2. The molecule has 0 saturated carbocycles. The lowest BCUT2D eigenvalue weighted by Gasteiger charge is -2.13. The zero-order valence-electron chi connectivity index (χ0n) is 18.7. The van der Waals surface area contributed by atoms with Crippen LogP contribution in [-0.2, 0) is 6.61 Å². The molecule has 0 unspecified atom stereocenters. The van der Waals surface area contributed by atoms with Gasteiger partial charge in [0.2, 0.25) is 5.95 Å². The van der Waals surface area contributed by atoms with Gasteiger partial charge in [-0.15, -0.1) is 0 Å². The van der Waals surface area contributed by atoms with Crippen LogP contribution in [-0.4, -0.2) is 23.3 Å². The molecule has 3 aromatic carbocycles. The summed E-state index contributed by atoms with van der Waals surface area (Å²) in [5.74, 6) is 1.18. The predicted octanol–water partition coefficient (Wildman–Crippen LogP) is 5.10. The minimum atomic E-state index is -0.557. The van der Waals surface area contributed by atoms with Gasteiger partial charge in [0.15, 0.2) is 11.5 Å². The molecule has 0 amide bonds. The van der Waals surface area contributed by atoms with E-state index < -0.39 is 5.56 Å². The Hall–Kier alpha value is -4.42. The first-order chi connectivity index (χ1) is 17.1. The lowest BCUT2D eigenvalue weighted by Crippen LogP contribution is -2.16. The van der Waals surface area contributed by atoms with Crippen molar-refractivity contribution in [3.63, 3.8) is 0 Å². The molecule has 1 aromatic heterocycles. The van der Waals surface area contributed by atoms with Gasteiger partial charge in [0, 0.05) is 15.6 Å².